The maximum absolute atomic E-state index is 5.08. The van der Waals surface area contributed by atoms with E-state index in [4.69, 9.17) is 4.74 Å². The van der Waals surface area contributed by atoms with Gasteiger partial charge in [0.25, 0.3) is 0 Å². The molecule has 2 bridgehead atoms. The molecule has 5 atom stereocenters. The van der Waals surface area contributed by atoms with Crippen LogP contribution >= 0.6 is 0 Å². The van der Waals surface area contributed by atoms with Crippen LogP contribution in [0.1, 0.15) is 57.4 Å². The van der Waals surface area contributed by atoms with Crippen LogP contribution in [0.5, 0.6) is 0 Å². The summed E-state index contributed by atoms with van der Waals surface area (Å²) in [4.78, 5) is 0. The molecule has 0 amide bonds. The zero-order valence-electron chi connectivity index (χ0n) is 13.3. The van der Waals surface area contributed by atoms with E-state index in [2.05, 4.69) is 39.4 Å². The van der Waals surface area contributed by atoms with Gasteiger partial charge in [-0.05, 0) is 61.3 Å². The maximum Gasteiger partial charge on any atom is 0.168 e. The van der Waals surface area contributed by atoms with Crippen LogP contribution in [0.15, 0.2) is 0 Å². The SMILES string of the molecule is COCCNC(C)c1nnnn1C(C)C1CC2CCC1C2. The van der Waals surface area contributed by atoms with Gasteiger partial charge >= 0.3 is 0 Å². The van der Waals surface area contributed by atoms with E-state index >= 15 is 0 Å². The fourth-order valence-corrected chi connectivity index (χ4v) is 4.31. The standard InChI is InChI=1S/C15H27N5O/c1-10(16-6-7-21-3)15-17-18-19-20(15)11(2)14-9-12-4-5-13(14)8-12/h10-14,16H,4-9H2,1-3H3. The first-order valence-electron chi connectivity index (χ1n) is 8.20. The zero-order valence-corrected chi connectivity index (χ0v) is 13.3. The number of rotatable bonds is 7. The van der Waals surface area contributed by atoms with Crippen molar-refractivity contribution >= 4 is 0 Å². The van der Waals surface area contributed by atoms with Crippen molar-refractivity contribution in [2.45, 2.75) is 51.6 Å². The molecule has 0 aromatic carbocycles. The second kappa shape index (κ2) is 6.40. The minimum Gasteiger partial charge on any atom is -0.383 e. The highest BCUT2D eigenvalue weighted by Crippen LogP contribution is 2.52. The Labute approximate surface area is 126 Å². The molecule has 1 aromatic heterocycles. The van der Waals surface area contributed by atoms with Crippen molar-refractivity contribution in [2.75, 3.05) is 20.3 Å². The van der Waals surface area contributed by atoms with Crippen molar-refractivity contribution in [3.05, 3.63) is 5.82 Å². The van der Waals surface area contributed by atoms with Gasteiger partial charge in [-0.1, -0.05) is 6.42 Å². The molecule has 2 fully saturated rings. The Morgan fingerprint density at radius 2 is 2.19 bits per heavy atom. The topological polar surface area (TPSA) is 64.9 Å². The molecule has 0 aliphatic heterocycles. The summed E-state index contributed by atoms with van der Waals surface area (Å²) in [6.07, 6.45) is 5.62. The number of nitrogens with zero attached hydrogens (tertiary/aromatic N) is 4. The molecule has 1 heterocycles. The highest BCUT2D eigenvalue weighted by Gasteiger charge is 2.43. The van der Waals surface area contributed by atoms with E-state index in [0.717, 1.165) is 30.1 Å². The number of fused-ring (bicyclic) bond motifs is 2. The molecule has 2 aliphatic rings. The molecule has 6 nitrogen and oxygen atoms in total. The molecule has 2 aliphatic carbocycles. The average molecular weight is 293 g/mol. The van der Waals surface area contributed by atoms with Crippen LogP contribution in [-0.4, -0.2) is 40.5 Å². The third-order valence-corrected chi connectivity index (χ3v) is 5.46. The third kappa shape index (κ3) is 2.97. The molecule has 1 aromatic rings. The first-order valence-corrected chi connectivity index (χ1v) is 8.20. The van der Waals surface area contributed by atoms with E-state index in [1.54, 1.807) is 7.11 Å². The second-order valence-corrected chi connectivity index (χ2v) is 6.73. The van der Waals surface area contributed by atoms with Crippen molar-refractivity contribution in [3.63, 3.8) is 0 Å². The van der Waals surface area contributed by atoms with Gasteiger partial charge in [-0.25, -0.2) is 4.68 Å². The lowest BCUT2D eigenvalue weighted by Crippen LogP contribution is -2.29. The molecule has 6 heteroatoms. The molecule has 3 rings (SSSR count). The number of hydrogen-bond donors (Lipinski definition) is 1. The van der Waals surface area contributed by atoms with Gasteiger partial charge < -0.3 is 10.1 Å². The molecule has 2 saturated carbocycles. The predicted octanol–water partition coefficient (Wildman–Crippen LogP) is 1.97. The lowest BCUT2D eigenvalue weighted by molar-refractivity contribution is 0.193. The maximum atomic E-state index is 5.08. The van der Waals surface area contributed by atoms with Crippen LogP contribution < -0.4 is 5.32 Å². The van der Waals surface area contributed by atoms with Crippen LogP contribution in [0.4, 0.5) is 0 Å². The van der Waals surface area contributed by atoms with Crippen LogP contribution in [-0.2, 0) is 4.74 Å². The Hall–Kier alpha value is -1.01. The Balaban J connectivity index is 1.67. The molecular weight excluding hydrogens is 266 g/mol. The van der Waals surface area contributed by atoms with Crippen molar-refractivity contribution in [3.8, 4) is 0 Å². The smallest absolute Gasteiger partial charge is 0.168 e. The van der Waals surface area contributed by atoms with E-state index in [1.807, 2.05) is 0 Å². The molecule has 5 unspecified atom stereocenters. The van der Waals surface area contributed by atoms with E-state index in [1.165, 1.54) is 25.7 Å². The summed E-state index contributed by atoms with van der Waals surface area (Å²) in [7, 11) is 1.72. The van der Waals surface area contributed by atoms with Gasteiger partial charge in [0.2, 0.25) is 0 Å². The fraction of sp³-hybridized carbons (Fsp3) is 0.933. The minimum atomic E-state index is 0.149. The number of tetrazole rings is 1. The van der Waals surface area contributed by atoms with Crippen molar-refractivity contribution < 1.29 is 4.74 Å². The van der Waals surface area contributed by atoms with E-state index in [9.17, 15) is 0 Å². The Kier molecular flexibility index (Phi) is 4.54. The zero-order chi connectivity index (χ0) is 14.8. The summed E-state index contributed by atoms with van der Waals surface area (Å²) in [5.41, 5.74) is 0. The van der Waals surface area contributed by atoms with Gasteiger partial charge in [0.05, 0.1) is 18.7 Å². The lowest BCUT2D eigenvalue weighted by atomic mass is 9.84. The Morgan fingerprint density at radius 3 is 2.86 bits per heavy atom. The number of hydrogen-bond acceptors (Lipinski definition) is 5. The monoisotopic (exact) mass is 293 g/mol. The molecule has 0 saturated heterocycles. The second-order valence-electron chi connectivity index (χ2n) is 6.73. The van der Waals surface area contributed by atoms with Gasteiger partial charge in [0.15, 0.2) is 5.82 Å². The van der Waals surface area contributed by atoms with Crippen molar-refractivity contribution in [1.82, 2.24) is 25.5 Å². The molecule has 21 heavy (non-hydrogen) atoms. The number of methoxy groups -OCH3 is 1. The summed E-state index contributed by atoms with van der Waals surface area (Å²) in [6.45, 7) is 5.92. The molecule has 0 radical (unpaired) electrons. The Morgan fingerprint density at radius 1 is 1.33 bits per heavy atom. The average Bonchev–Trinajstić information content (AvgIpc) is 3.22. The Bertz CT molecular complexity index is 463. The summed E-state index contributed by atoms with van der Waals surface area (Å²) < 4.78 is 7.13. The van der Waals surface area contributed by atoms with Crippen LogP contribution in [0.25, 0.3) is 0 Å². The summed E-state index contributed by atoms with van der Waals surface area (Å²) in [5, 5.41) is 15.9. The molecular formula is C15H27N5O. The summed E-state index contributed by atoms with van der Waals surface area (Å²) in [5.74, 6) is 3.54. The highest BCUT2D eigenvalue weighted by atomic mass is 16.5. The first-order chi connectivity index (χ1) is 10.2. The van der Waals surface area contributed by atoms with Gasteiger partial charge in [0, 0.05) is 13.7 Å². The summed E-state index contributed by atoms with van der Waals surface area (Å²) in [6, 6.07) is 0.549. The molecule has 0 spiro atoms. The fourth-order valence-electron chi connectivity index (χ4n) is 4.31. The number of aromatic nitrogens is 4. The van der Waals surface area contributed by atoms with Gasteiger partial charge in [-0.3, -0.25) is 0 Å². The predicted molar refractivity (Wildman–Crippen MR) is 79.8 cm³/mol. The van der Waals surface area contributed by atoms with Crippen molar-refractivity contribution in [2.24, 2.45) is 17.8 Å². The highest BCUT2D eigenvalue weighted by molar-refractivity contribution is 4.97. The largest absolute Gasteiger partial charge is 0.383 e. The van der Waals surface area contributed by atoms with Gasteiger partial charge in [-0.2, -0.15) is 0 Å². The van der Waals surface area contributed by atoms with E-state index in [-0.39, 0.29) is 6.04 Å². The van der Waals surface area contributed by atoms with Crippen LogP contribution in [0.3, 0.4) is 0 Å². The molecule has 1 N–H and O–H groups in total. The van der Waals surface area contributed by atoms with Crippen LogP contribution in [0.2, 0.25) is 0 Å². The van der Waals surface area contributed by atoms with Gasteiger partial charge in [-0.15, -0.1) is 5.10 Å². The summed E-state index contributed by atoms with van der Waals surface area (Å²) >= 11 is 0. The van der Waals surface area contributed by atoms with E-state index in [0.29, 0.717) is 12.6 Å². The normalized spacial score (nSPS) is 30.7. The quantitative estimate of drug-likeness (QED) is 0.779. The number of ether oxygens (including phenoxy) is 1. The van der Waals surface area contributed by atoms with Crippen molar-refractivity contribution in [1.29, 1.82) is 0 Å². The number of nitrogens with one attached hydrogen (secondary N) is 1. The van der Waals surface area contributed by atoms with Gasteiger partial charge in [0.1, 0.15) is 0 Å². The lowest BCUT2D eigenvalue weighted by Gasteiger charge is -2.29. The third-order valence-electron chi connectivity index (χ3n) is 5.46. The van der Waals surface area contributed by atoms with E-state index < -0.39 is 0 Å². The minimum absolute atomic E-state index is 0.149. The molecule has 118 valence electrons. The van der Waals surface area contributed by atoms with Crippen LogP contribution in [0, 0.1) is 17.8 Å². The first kappa shape index (κ1) is 14.9.